The summed E-state index contributed by atoms with van der Waals surface area (Å²) in [6.07, 6.45) is 0.458. The van der Waals surface area contributed by atoms with Gasteiger partial charge in [0.05, 0.1) is 6.54 Å². The maximum Gasteiger partial charge on any atom is 0.635 e. The summed E-state index contributed by atoms with van der Waals surface area (Å²) in [5.74, 6) is -0.818. The van der Waals surface area contributed by atoms with Crippen LogP contribution < -0.4 is 5.32 Å². The van der Waals surface area contributed by atoms with E-state index in [0.717, 1.165) is 28.3 Å². The van der Waals surface area contributed by atoms with Gasteiger partial charge in [-0.05, 0) is 56.0 Å². The largest absolute Gasteiger partial charge is 0.635 e. The lowest BCUT2D eigenvalue weighted by atomic mass is 9.96. The first-order valence-electron chi connectivity index (χ1n) is 8.47. The highest BCUT2D eigenvalue weighted by Gasteiger charge is 2.23. The highest BCUT2D eigenvalue weighted by atomic mass is 16.6. The molecule has 0 aliphatic rings. The highest BCUT2D eigenvalue weighted by Crippen LogP contribution is 2.19. The Morgan fingerprint density at radius 1 is 1.31 bits per heavy atom. The van der Waals surface area contributed by atoms with Crippen LogP contribution >= 0.6 is 0 Å². The number of nitrogens with zero attached hydrogens (tertiary/aromatic N) is 1. The lowest BCUT2D eigenvalue weighted by Gasteiger charge is -2.24. The van der Waals surface area contributed by atoms with Crippen molar-refractivity contribution in [2.45, 2.75) is 40.3 Å². The van der Waals surface area contributed by atoms with Gasteiger partial charge in [-0.15, -0.1) is 0 Å². The van der Waals surface area contributed by atoms with Gasteiger partial charge in [0.15, 0.2) is 0 Å². The van der Waals surface area contributed by atoms with Crippen molar-refractivity contribution < 1.29 is 24.3 Å². The minimum absolute atomic E-state index is 0.172. The normalized spacial score (nSPS) is 11.6. The maximum atomic E-state index is 12.2. The fourth-order valence-corrected chi connectivity index (χ4v) is 2.59. The first kappa shape index (κ1) is 21.9. The zero-order chi connectivity index (χ0) is 19.9. The molecule has 1 aromatic rings. The van der Waals surface area contributed by atoms with Crippen molar-refractivity contribution in [3.8, 4) is 0 Å². The molecule has 0 radical (unpaired) electrons. The monoisotopic (exact) mass is 362 g/mol. The van der Waals surface area contributed by atoms with E-state index in [0.29, 0.717) is 6.54 Å². The molecule has 0 spiro atoms. The molecule has 3 N–H and O–H groups in total. The Balaban J connectivity index is 2.87. The van der Waals surface area contributed by atoms with E-state index in [2.05, 4.69) is 11.9 Å². The van der Waals surface area contributed by atoms with E-state index in [9.17, 15) is 9.59 Å². The predicted molar refractivity (Wildman–Crippen MR) is 100 cm³/mol. The minimum Gasteiger partial charge on any atom is -0.402 e. The number of likely N-dealkylation sites (N-methyl/N-ethyl adjacent to an activating group) is 1. The quantitative estimate of drug-likeness (QED) is 0.340. The van der Waals surface area contributed by atoms with Crippen molar-refractivity contribution in [1.82, 2.24) is 10.2 Å². The van der Waals surface area contributed by atoms with Crippen LogP contribution in [-0.4, -0.2) is 53.4 Å². The zero-order valence-electron chi connectivity index (χ0n) is 15.8. The van der Waals surface area contributed by atoms with Gasteiger partial charge in [0.25, 0.3) is 0 Å². The van der Waals surface area contributed by atoms with E-state index in [1.54, 1.807) is 6.92 Å². The van der Waals surface area contributed by atoms with Crippen LogP contribution in [0.3, 0.4) is 0 Å². The van der Waals surface area contributed by atoms with Gasteiger partial charge >= 0.3 is 7.32 Å². The van der Waals surface area contributed by atoms with Gasteiger partial charge < -0.3 is 24.9 Å². The topological polar surface area (TPSA) is 99.1 Å². The summed E-state index contributed by atoms with van der Waals surface area (Å²) in [7, 11) is -2.02. The van der Waals surface area contributed by atoms with Gasteiger partial charge in [0, 0.05) is 13.0 Å². The molecule has 1 aromatic carbocycles. The second-order valence-electron chi connectivity index (χ2n) is 6.07. The van der Waals surface area contributed by atoms with Crippen LogP contribution in [0.25, 0.3) is 0 Å². The van der Waals surface area contributed by atoms with Crippen LogP contribution in [0.4, 0.5) is 0 Å². The first-order valence-corrected chi connectivity index (χ1v) is 8.47. The molecule has 0 bridgehead atoms. The summed E-state index contributed by atoms with van der Waals surface area (Å²) >= 11 is 0. The van der Waals surface area contributed by atoms with Crippen LogP contribution in [-0.2, 0) is 20.7 Å². The highest BCUT2D eigenvalue weighted by molar-refractivity contribution is 6.32. The zero-order valence-corrected chi connectivity index (χ0v) is 15.8. The molecule has 0 unspecified atom stereocenters. The molecule has 0 heterocycles. The van der Waals surface area contributed by atoms with E-state index in [1.165, 1.54) is 4.90 Å². The van der Waals surface area contributed by atoms with E-state index < -0.39 is 19.5 Å². The average Bonchev–Trinajstić information content (AvgIpc) is 2.58. The van der Waals surface area contributed by atoms with Gasteiger partial charge in [0.2, 0.25) is 11.8 Å². The Hall–Kier alpha value is -2.16. The van der Waals surface area contributed by atoms with E-state index in [4.69, 9.17) is 14.7 Å². The second kappa shape index (κ2) is 10.1. The summed E-state index contributed by atoms with van der Waals surface area (Å²) in [6.45, 7) is 11.3. The van der Waals surface area contributed by atoms with Crippen LogP contribution in [0.15, 0.2) is 24.8 Å². The smallest absolute Gasteiger partial charge is 0.402 e. The number of hydrogen-bond acceptors (Lipinski definition) is 5. The molecule has 0 saturated carbocycles. The molecule has 2 amide bonds. The number of hydrogen-bond donors (Lipinski definition) is 3. The lowest BCUT2D eigenvalue weighted by Crippen LogP contribution is -2.47. The van der Waals surface area contributed by atoms with Crippen molar-refractivity contribution in [2.75, 3.05) is 13.1 Å². The third-order valence-electron chi connectivity index (χ3n) is 4.39. The number of amides is 2. The van der Waals surface area contributed by atoms with Crippen molar-refractivity contribution in [2.24, 2.45) is 0 Å². The molecule has 0 aromatic heterocycles. The van der Waals surface area contributed by atoms with Crippen molar-refractivity contribution in [1.29, 1.82) is 0 Å². The summed E-state index contributed by atoms with van der Waals surface area (Å²) in [4.78, 5) is 25.2. The number of carbonyl (C=O) groups excluding carboxylic acids is 2. The van der Waals surface area contributed by atoms with Crippen molar-refractivity contribution in [3.63, 3.8) is 0 Å². The van der Waals surface area contributed by atoms with Gasteiger partial charge in [-0.2, -0.15) is 0 Å². The van der Waals surface area contributed by atoms with E-state index in [1.807, 2.05) is 32.9 Å². The first-order chi connectivity index (χ1) is 12.2. The Bertz CT molecular complexity index is 663. The molecule has 0 fully saturated rings. The molecule has 0 aliphatic carbocycles. The maximum absolute atomic E-state index is 12.2. The molecule has 7 nitrogen and oxygen atoms in total. The van der Waals surface area contributed by atoms with Gasteiger partial charge in [0.1, 0.15) is 6.23 Å². The number of aryl methyl sites for hydroxylation is 1. The Kier molecular flexibility index (Phi) is 8.51. The summed E-state index contributed by atoms with van der Waals surface area (Å²) < 4.78 is 5.01. The van der Waals surface area contributed by atoms with Gasteiger partial charge in [-0.25, -0.2) is 0 Å². The van der Waals surface area contributed by atoms with Crippen LogP contribution in [0.5, 0.6) is 0 Å². The number of carbonyl (C=O) groups is 2. The van der Waals surface area contributed by atoms with Crippen molar-refractivity contribution in [3.05, 3.63) is 47.0 Å². The Labute approximate surface area is 154 Å². The molecule has 8 heteroatoms. The molecule has 0 aliphatic heterocycles. The van der Waals surface area contributed by atoms with E-state index >= 15 is 0 Å². The third-order valence-corrected chi connectivity index (χ3v) is 4.39. The number of benzene rings is 1. The molecule has 1 rings (SSSR count). The fourth-order valence-electron chi connectivity index (χ4n) is 2.59. The average molecular weight is 362 g/mol. The SMILES string of the molecule is C=CC(=O)N(CC)CC(=O)N[C@@H](Cc1ccc(C)c(C)c1C)OB(O)O. The number of nitrogens with one attached hydrogen (secondary N) is 1. The molecular formula is C18H27BN2O5. The standard InChI is InChI=1S/C18H27BN2O5/c1-6-18(23)21(7-2)11-16(22)20-17(26-19(24)25)10-15-9-8-12(3)13(4)14(15)5/h6,8-9,17,24-25H,1,7,10-11H2,2-5H3,(H,20,22)/t17-/m1/s1. The molecule has 26 heavy (non-hydrogen) atoms. The number of rotatable bonds is 9. The third kappa shape index (κ3) is 6.29. The van der Waals surface area contributed by atoms with Gasteiger partial charge in [-0.1, -0.05) is 18.7 Å². The minimum atomic E-state index is -2.02. The lowest BCUT2D eigenvalue weighted by molar-refractivity contribution is -0.133. The van der Waals surface area contributed by atoms with E-state index in [-0.39, 0.29) is 18.9 Å². The summed E-state index contributed by atoms with van der Waals surface area (Å²) in [5.41, 5.74) is 4.26. The Morgan fingerprint density at radius 2 is 1.96 bits per heavy atom. The van der Waals surface area contributed by atoms with Gasteiger partial charge in [-0.3, -0.25) is 9.59 Å². The fraction of sp³-hybridized carbons (Fsp3) is 0.444. The van der Waals surface area contributed by atoms with Crippen LogP contribution in [0, 0.1) is 20.8 Å². The van der Waals surface area contributed by atoms with Crippen LogP contribution in [0.2, 0.25) is 0 Å². The summed E-state index contributed by atoms with van der Waals surface area (Å²) in [5, 5.41) is 20.9. The van der Waals surface area contributed by atoms with Crippen molar-refractivity contribution >= 4 is 19.1 Å². The van der Waals surface area contributed by atoms with Crippen LogP contribution in [0.1, 0.15) is 29.2 Å². The molecular weight excluding hydrogens is 335 g/mol. The second-order valence-corrected chi connectivity index (χ2v) is 6.07. The molecule has 142 valence electrons. The molecule has 0 saturated heterocycles. The Morgan fingerprint density at radius 3 is 2.50 bits per heavy atom. The predicted octanol–water partition coefficient (Wildman–Crippen LogP) is 0.617. The molecule has 1 atom stereocenters. The summed E-state index contributed by atoms with van der Waals surface area (Å²) in [6, 6.07) is 3.89.